The lowest BCUT2D eigenvalue weighted by atomic mass is 10.1. The molecule has 1 aliphatic rings. The smallest absolute Gasteiger partial charge is 0.222 e. The molecule has 2 heterocycles. The molecule has 1 atom stereocenters. The van der Waals surface area contributed by atoms with Crippen LogP contribution in [0.3, 0.4) is 0 Å². The zero-order chi connectivity index (χ0) is 14.4. The molecule has 0 saturated carbocycles. The Kier molecular flexibility index (Phi) is 5.49. The molecule has 0 spiro atoms. The highest BCUT2D eigenvalue weighted by molar-refractivity contribution is 5.76. The van der Waals surface area contributed by atoms with E-state index in [1.54, 1.807) is 0 Å². The highest BCUT2D eigenvalue weighted by Crippen LogP contribution is 2.10. The van der Waals surface area contributed by atoms with E-state index >= 15 is 0 Å². The van der Waals surface area contributed by atoms with E-state index < -0.39 is 0 Å². The number of nitrogens with zero attached hydrogens (tertiary/aromatic N) is 3. The Labute approximate surface area is 120 Å². The number of piperazine rings is 1. The number of hydrogen-bond donors (Lipinski definition) is 1. The lowest BCUT2D eigenvalue weighted by molar-refractivity contribution is -0.133. The van der Waals surface area contributed by atoms with Crippen molar-refractivity contribution in [3.8, 4) is 0 Å². The maximum Gasteiger partial charge on any atom is 0.222 e. The number of carbonyl (C=O) groups excluding carboxylic acids is 1. The van der Waals surface area contributed by atoms with Gasteiger partial charge in [0.1, 0.15) is 0 Å². The molecule has 1 aromatic heterocycles. The summed E-state index contributed by atoms with van der Waals surface area (Å²) in [5, 5.41) is 0. The minimum absolute atomic E-state index is 0.242. The van der Waals surface area contributed by atoms with Crippen LogP contribution in [-0.2, 0) is 11.3 Å². The van der Waals surface area contributed by atoms with Crippen molar-refractivity contribution in [2.24, 2.45) is 11.7 Å². The van der Waals surface area contributed by atoms with E-state index in [2.05, 4.69) is 9.88 Å². The molecule has 0 radical (unpaired) electrons. The van der Waals surface area contributed by atoms with Crippen LogP contribution in [-0.4, -0.2) is 53.4 Å². The van der Waals surface area contributed by atoms with Crippen molar-refractivity contribution in [2.45, 2.75) is 19.9 Å². The Hall–Kier alpha value is -1.46. The highest BCUT2D eigenvalue weighted by Gasteiger charge is 2.21. The van der Waals surface area contributed by atoms with Crippen LogP contribution in [0.2, 0.25) is 0 Å². The standard InChI is InChI=1S/C15H24N4O/c1-13(11-16)10-15(20)19-8-6-18(7-9-19)12-14-2-4-17-5-3-14/h2-5,13H,6-12,16H2,1H3. The maximum absolute atomic E-state index is 12.1. The number of hydrogen-bond acceptors (Lipinski definition) is 4. The largest absolute Gasteiger partial charge is 0.340 e. The summed E-state index contributed by atoms with van der Waals surface area (Å²) in [7, 11) is 0. The van der Waals surface area contributed by atoms with Gasteiger partial charge in [0.05, 0.1) is 0 Å². The van der Waals surface area contributed by atoms with Crippen LogP contribution in [0, 0.1) is 5.92 Å². The molecule has 0 bridgehead atoms. The molecular formula is C15H24N4O. The molecule has 5 nitrogen and oxygen atoms in total. The summed E-state index contributed by atoms with van der Waals surface area (Å²) in [6.07, 6.45) is 4.22. The predicted octanol–water partition coefficient (Wildman–Crippen LogP) is 0.711. The van der Waals surface area contributed by atoms with Gasteiger partial charge in [0.15, 0.2) is 0 Å². The lowest BCUT2D eigenvalue weighted by Crippen LogP contribution is -2.48. The topological polar surface area (TPSA) is 62.5 Å². The van der Waals surface area contributed by atoms with E-state index in [9.17, 15) is 4.79 Å². The molecule has 5 heteroatoms. The van der Waals surface area contributed by atoms with Gasteiger partial charge in [-0.25, -0.2) is 0 Å². The normalized spacial score (nSPS) is 18.0. The molecule has 2 N–H and O–H groups in total. The van der Waals surface area contributed by atoms with E-state index in [0.717, 1.165) is 32.7 Å². The number of amides is 1. The second-order valence-electron chi connectivity index (χ2n) is 5.56. The molecule has 1 unspecified atom stereocenters. The van der Waals surface area contributed by atoms with Gasteiger partial charge in [0, 0.05) is 51.5 Å². The zero-order valence-corrected chi connectivity index (χ0v) is 12.2. The monoisotopic (exact) mass is 276 g/mol. The molecule has 1 fully saturated rings. The molecule has 2 rings (SSSR count). The van der Waals surface area contributed by atoms with E-state index in [0.29, 0.717) is 13.0 Å². The summed E-state index contributed by atoms with van der Waals surface area (Å²) < 4.78 is 0. The van der Waals surface area contributed by atoms with Crippen LogP contribution in [0.15, 0.2) is 24.5 Å². The summed E-state index contributed by atoms with van der Waals surface area (Å²) >= 11 is 0. The van der Waals surface area contributed by atoms with Gasteiger partial charge in [0.2, 0.25) is 5.91 Å². The van der Waals surface area contributed by atoms with Crippen molar-refractivity contribution in [3.63, 3.8) is 0 Å². The van der Waals surface area contributed by atoms with Gasteiger partial charge >= 0.3 is 0 Å². The lowest BCUT2D eigenvalue weighted by Gasteiger charge is -2.35. The number of pyridine rings is 1. The summed E-state index contributed by atoms with van der Waals surface area (Å²) in [5.41, 5.74) is 6.85. The fraction of sp³-hybridized carbons (Fsp3) is 0.600. The van der Waals surface area contributed by atoms with Gasteiger partial charge in [-0.05, 0) is 30.2 Å². The Balaban J connectivity index is 1.76. The third-order valence-electron chi connectivity index (χ3n) is 3.81. The third-order valence-corrected chi connectivity index (χ3v) is 3.81. The van der Waals surface area contributed by atoms with Gasteiger partial charge in [-0.1, -0.05) is 6.92 Å². The molecular weight excluding hydrogens is 252 g/mol. The van der Waals surface area contributed by atoms with Gasteiger partial charge in [-0.15, -0.1) is 0 Å². The van der Waals surface area contributed by atoms with Crippen LogP contribution in [0.25, 0.3) is 0 Å². The van der Waals surface area contributed by atoms with Crippen LogP contribution in [0.4, 0.5) is 0 Å². The molecule has 0 aromatic carbocycles. The van der Waals surface area contributed by atoms with Crippen molar-refractivity contribution in [3.05, 3.63) is 30.1 Å². The minimum Gasteiger partial charge on any atom is -0.340 e. The first-order valence-electron chi connectivity index (χ1n) is 7.28. The molecule has 1 saturated heterocycles. The van der Waals surface area contributed by atoms with E-state index in [1.165, 1.54) is 5.56 Å². The highest BCUT2D eigenvalue weighted by atomic mass is 16.2. The Morgan fingerprint density at radius 1 is 1.30 bits per heavy atom. The Bertz CT molecular complexity index is 415. The zero-order valence-electron chi connectivity index (χ0n) is 12.2. The Morgan fingerprint density at radius 3 is 2.55 bits per heavy atom. The fourth-order valence-electron chi connectivity index (χ4n) is 2.41. The number of aromatic nitrogens is 1. The fourth-order valence-corrected chi connectivity index (χ4v) is 2.41. The third kappa shape index (κ3) is 4.28. The first-order chi connectivity index (χ1) is 9.69. The first kappa shape index (κ1) is 14.9. The molecule has 110 valence electrons. The van der Waals surface area contributed by atoms with Crippen LogP contribution in [0.5, 0.6) is 0 Å². The number of rotatable bonds is 5. The van der Waals surface area contributed by atoms with Crippen molar-refractivity contribution in [2.75, 3.05) is 32.7 Å². The minimum atomic E-state index is 0.242. The van der Waals surface area contributed by atoms with Crippen LogP contribution in [0.1, 0.15) is 18.9 Å². The van der Waals surface area contributed by atoms with Crippen LogP contribution < -0.4 is 5.73 Å². The van der Waals surface area contributed by atoms with Crippen molar-refractivity contribution < 1.29 is 4.79 Å². The van der Waals surface area contributed by atoms with Crippen LogP contribution >= 0.6 is 0 Å². The average molecular weight is 276 g/mol. The first-order valence-corrected chi connectivity index (χ1v) is 7.28. The second kappa shape index (κ2) is 7.36. The molecule has 0 aliphatic carbocycles. The summed E-state index contributed by atoms with van der Waals surface area (Å²) in [6, 6.07) is 4.08. The molecule has 1 amide bonds. The maximum atomic E-state index is 12.1. The summed E-state index contributed by atoms with van der Waals surface area (Å²) in [5.74, 6) is 0.517. The molecule has 1 aromatic rings. The molecule has 20 heavy (non-hydrogen) atoms. The van der Waals surface area contributed by atoms with Gasteiger partial charge in [0.25, 0.3) is 0 Å². The SMILES string of the molecule is CC(CN)CC(=O)N1CCN(Cc2ccncc2)CC1. The van der Waals surface area contributed by atoms with E-state index in [-0.39, 0.29) is 11.8 Å². The van der Waals surface area contributed by atoms with Crippen molar-refractivity contribution in [1.82, 2.24) is 14.8 Å². The summed E-state index contributed by atoms with van der Waals surface area (Å²) in [6.45, 7) is 7.05. The quantitative estimate of drug-likeness (QED) is 0.860. The summed E-state index contributed by atoms with van der Waals surface area (Å²) in [4.78, 5) is 20.5. The van der Waals surface area contributed by atoms with E-state index in [1.807, 2.05) is 36.4 Å². The van der Waals surface area contributed by atoms with Gasteiger partial charge < -0.3 is 10.6 Å². The van der Waals surface area contributed by atoms with E-state index in [4.69, 9.17) is 5.73 Å². The van der Waals surface area contributed by atoms with Gasteiger partial charge in [-0.2, -0.15) is 0 Å². The Morgan fingerprint density at radius 2 is 1.95 bits per heavy atom. The predicted molar refractivity (Wildman–Crippen MR) is 78.9 cm³/mol. The van der Waals surface area contributed by atoms with Crippen molar-refractivity contribution >= 4 is 5.91 Å². The second-order valence-corrected chi connectivity index (χ2v) is 5.56. The molecule has 1 aliphatic heterocycles. The van der Waals surface area contributed by atoms with Crippen molar-refractivity contribution in [1.29, 1.82) is 0 Å². The number of carbonyl (C=O) groups is 1. The number of nitrogens with two attached hydrogens (primary N) is 1. The average Bonchev–Trinajstić information content (AvgIpc) is 2.49. The van der Waals surface area contributed by atoms with Gasteiger partial charge in [-0.3, -0.25) is 14.7 Å².